The van der Waals surface area contributed by atoms with Crippen molar-refractivity contribution in [3.63, 3.8) is 0 Å². The molecule has 0 saturated carbocycles. The number of rotatable bonds is 6. The molecule has 1 fully saturated rings. The van der Waals surface area contributed by atoms with Crippen LogP contribution in [-0.2, 0) is 16.0 Å². The molecule has 1 N–H and O–H groups in total. The molecule has 1 saturated heterocycles. The Bertz CT molecular complexity index is 492. The average Bonchev–Trinajstić information content (AvgIpc) is 2.51. The second-order valence-electron chi connectivity index (χ2n) is 5.20. The first-order valence-corrected chi connectivity index (χ1v) is 8.70. The van der Waals surface area contributed by atoms with Crippen LogP contribution in [0.4, 0.5) is 0 Å². The van der Waals surface area contributed by atoms with Crippen molar-refractivity contribution < 1.29 is 9.59 Å². The molecule has 4 nitrogen and oxygen atoms in total. The molecule has 1 aromatic carbocycles. The van der Waals surface area contributed by atoms with E-state index in [1.807, 2.05) is 43.5 Å². The van der Waals surface area contributed by atoms with Crippen LogP contribution in [0.3, 0.4) is 0 Å². The SMILES string of the molecule is CCC1NC(=O)C(Cc2ccccc2)N(CCSC)C1=O. The van der Waals surface area contributed by atoms with E-state index in [0.29, 0.717) is 19.4 Å². The molecule has 5 heteroatoms. The second-order valence-corrected chi connectivity index (χ2v) is 6.18. The van der Waals surface area contributed by atoms with Crippen LogP contribution in [0.15, 0.2) is 30.3 Å². The van der Waals surface area contributed by atoms with Crippen LogP contribution in [0.25, 0.3) is 0 Å². The van der Waals surface area contributed by atoms with Gasteiger partial charge in [-0.3, -0.25) is 9.59 Å². The lowest BCUT2D eigenvalue weighted by atomic mass is 9.99. The third kappa shape index (κ3) is 3.79. The zero-order valence-corrected chi connectivity index (χ0v) is 13.4. The van der Waals surface area contributed by atoms with Crippen LogP contribution in [0.2, 0.25) is 0 Å². The van der Waals surface area contributed by atoms with Gasteiger partial charge in [0.15, 0.2) is 0 Å². The van der Waals surface area contributed by atoms with E-state index in [-0.39, 0.29) is 17.9 Å². The number of nitrogens with one attached hydrogen (secondary N) is 1. The molecule has 1 aliphatic rings. The number of amides is 2. The molecule has 1 heterocycles. The molecule has 0 radical (unpaired) electrons. The van der Waals surface area contributed by atoms with Gasteiger partial charge in [0.25, 0.3) is 0 Å². The molecule has 2 unspecified atom stereocenters. The van der Waals surface area contributed by atoms with Crippen molar-refractivity contribution in [3.05, 3.63) is 35.9 Å². The number of piperazine rings is 1. The van der Waals surface area contributed by atoms with Crippen molar-refractivity contribution >= 4 is 23.6 Å². The van der Waals surface area contributed by atoms with Crippen molar-refractivity contribution in [1.82, 2.24) is 10.2 Å². The Morgan fingerprint density at radius 3 is 2.57 bits per heavy atom. The molecule has 2 atom stereocenters. The van der Waals surface area contributed by atoms with Crippen LogP contribution in [0.5, 0.6) is 0 Å². The number of nitrogens with zero attached hydrogens (tertiary/aromatic N) is 1. The smallest absolute Gasteiger partial charge is 0.245 e. The normalized spacial score (nSPS) is 22.3. The molecule has 0 aliphatic carbocycles. The number of benzene rings is 1. The van der Waals surface area contributed by atoms with Crippen molar-refractivity contribution in [2.45, 2.75) is 31.8 Å². The van der Waals surface area contributed by atoms with Crippen molar-refractivity contribution in [3.8, 4) is 0 Å². The molecule has 114 valence electrons. The van der Waals surface area contributed by atoms with Crippen LogP contribution < -0.4 is 5.32 Å². The van der Waals surface area contributed by atoms with E-state index in [0.717, 1.165) is 11.3 Å². The van der Waals surface area contributed by atoms with Crippen LogP contribution in [-0.4, -0.2) is 47.4 Å². The van der Waals surface area contributed by atoms with E-state index in [2.05, 4.69) is 5.32 Å². The molecule has 21 heavy (non-hydrogen) atoms. The maximum absolute atomic E-state index is 12.5. The fraction of sp³-hybridized carbons (Fsp3) is 0.500. The predicted molar refractivity (Wildman–Crippen MR) is 86.3 cm³/mol. The number of hydrogen-bond acceptors (Lipinski definition) is 3. The number of carbonyl (C=O) groups is 2. The van der Waals surface area contributed by atoms with Gasteiger partial charge in [0, 0.05) is 18.7 Å². The predicted octanol–water partition coefficient (Wildman–Crippen LogP) is 1.70. The maximum Gasteiger partial charge on any atom is 0.245 e. The summed E-state index contributed by atoms with van der Waals surface area (Å²) in [6.45, 7) is 2.55. The highest BCUT2D eigenvalue weighted by atomic mass is 32.2. The molecular formula is C16H22N2O2S. The van der Waals surface area contributed by atoms with E-state index < -0.39 is 6.04 Å². The second kappa shape index (κ2) is 7.50. The fourth-order valence-corrected chi connectivity index (χ4v) is 2.98. The first-order chi connectivity index (χ1) is 10.2. The Balaban J connectivity index is 2.18. The summed E-state index contributed by atoms with van der Waals surface area (Å²) in [5, 5.41) is 2.86. The van der Waals surface area contributed by atoms with E-state index >= 15 is 0 Å². The lowest BCUT2D eigenvalue weighted by molar-refractivity contribution is -0.149. The first kappa shape index (κ1) is 15.9. The van der Waals surface area contributed by atoms with Crippen LogP contribution in [0.1, 0.15) is 18.9 Å². The Labute approximate surface area is 130 Å². The van der Waals surface area contributed by atoms with E-state index in [1.54, 1.807) is 16.7 Å². The Morgan fingerprint density at radius 1 is 1.24 bits per heavy atom. The van der Waals surface area contributed by atoms with Gasteiger partial charge in [0.05, 0.1) is 0 Å². The quantitative estimate of drug-likeness (QED) is 0.870. The summed E-state index contributed by atoms with van der Waals surface area (Å²) in [7, 11) is 0. The Hall–Kier alpha value is -1.49. The van der Waals surface area contributed by atoms with Crippen molar-refractivity contribution in [1.29, 1.82) is 0 Å². The number of carbonyl (C=O) groups excluding carboxylic acids is 2. The van der Waals surface area contributed by atoms with Gasteiger partial charge in [-0.2, -0.15) is 11.8 Å². The maximum atomic E-state index is 12.5. The monoisotopic (exact) mass is 306 g/mol. The first-order valence-electron chi connectivity index (χ1n) is 7.31. The molecule has 2 rings (SSSR count). The average molecular weight is 306 g/mol. The summed E-state index contributed by atoms with van der Waals surface area (Å²) >= 11 is 1.69. The van der Waals surface area contributed by atoms with Gasteiger partial charge in [-0.05, 0) is 18.2 Å². The van der Waals surface area contributed by atoms with E-state index in [4.69, 9.17) is 0 Å². The third-order valence-corrected chi connectivity index (χ3v) is 4.38. The highest BCUT2D eigenvalue weighted by Crippen LogP contribution is 2.17. The summed E-state index contributed by atoms with van der Waals surface area (Å²) < 4.78 is 0. The minimum atomic E-state index is -0.394. The highest BCUT2D eigenvalue weighted by Gasteiger charge is 2.39. The lowest BCUT2D eigenvalue weighted by Crippen LogP contribution is -2.64. The van der Waals surface area contributed by atoms with Gasteiger partial charge in [-0.25, -0.2) is 0 Å². The number of thioether (sulfide) groups is 1. The molecule has 1 aromatic rings. The molecule has 0 spiro atoms. The van der Waals surface area contributed by atoms with Crippen molar-refractivity contribution in [2.75, 3.05) is 18.6 Å². The zero-order valence-electron chi connectivity index (χ0n) is 12.5. The van der Waals surface area contributed by atoms with E-state index in [1.165, 1.54) is 0 Å². The van der Waals surface area contributed by atoms with Crippen LogP contribution >= 0.6 is 11.8 Å². The highest BCUT2D eigenvalue weighted by molar-refractivity contribution is 7.98. The van der Waals surface area contributed by atoms with Gasteiger partial charge in [0.2, 0.25) is 11.8 Å². The topological polar surface area (TPSA) is 49.4 Å². The molecule has 0 bridgehead atoms. The van der Waals surface area contributed by atoms with Crippen LogP contribution in [0, 0.1) is 0 Å². The van der Waals surface area contributed by atoms with E-state index in [9.17, 15) is 9.59 Å². The molecular weight excluding hydrogens is 284 g/mol. The summed E-state index contributed by atoms with van der Waals surface area (Å²) in [5.74, 6) is 0.860. The van der Waals surface area contributed by atoms with Gasteiger partial charge >= 0.3 is 0 Å². The fourth-order valence-electron chi connectivity index (χ4n) is 2.60. The van der Waals surface area contributed by atoms with Gasteiger partial charge in [-0.1, -0.05) is 37.3 Å². The molecule has 1 aliphatic heterocycles. The summed E-state index contributed by atoms with van der Waals surface area (Å²) in [6.07, 6.45) is 3.22. The van der Waals surface area contributed by atoms with Gasteiger partial charge in [0.1, 0.15) is 12.1 Å². The van der Waals surface area contributed by atoms with Gasteiger partial charge < -0.3 is 10.2 Å². The molecule has 0 aromatic heterocycles. The summed E-state index contributed by atoms with van der Waals surface area (Å²) in [4.78, 5) is 26.6. The summed E-state index contributed by atoms with van der Waals surface area (Å²) in [5.41, 5.74) is 1.08. The Morgan fingerprint density at radius 2 is 1.95 bits per heavy atom. The lowest BCUT2D eigenvalue weighted by Gasteiger charge is -2.38. The molecule has 2 amide bonds. The third-order valence-electron chi connectivity index (χ3n) is 3.79. The van der Waals surface area contributed by atoms with Crippen molar-refractivity contribution in [2.24, 2.45) is 0 Å². The zero-order chi connectivity index (χ0) is 15.2. The standard InChI is InChI=1S/C16H22N2O2S/c1-3-13-16(20)18(9-10-21-2)14(15(19)17-13)11-12-7-5-4-6-8-12/h4-8,13-14H,3,9-11H2,1-2H3,(H,17,19). The van der Waals surface area contributed by atoms with Gasteiger partial charge in [-0.15, -0.1) is 0 Å². The largest absolute Gasteiger partial charge is 0.343 e. The minimum absolute atomic E-state index is 0.0357. The summed E-state index contributed by atoms with van der Waals surface area (Å²) in [6, 6.07) is 9.10. The Kier molecular flexibility index (Phi) is 5.67. The number of hydrogen-bond donors (Lipinski definition) is 1. The minimum Gasteiger partial charge on any atom is -0.343 e.